The molecule has 0 N–H and O–H groups in total. The zero-order chi connectivity index (χ0) is 14.1. The first kappa shape index (κ1) is 14.9. The second-order valence-electron chi connectivity index (χ2n) is 6.20. The lowest BCUT2D eigenvalue weighted by Crippen LogP contribution is -2.41. The molecule has 1 saturated heterocycles. The van der Waals surface area contributed by atoms with Gasteiger partial charge in [-0.25, -0.2) is 0 Å². The molecule has 4 heteroatoms. The Hall–Kier alpha value is -0.505. The van der Waals surface area contributed by atoms with Crippen molar-refractivity contribution in [2.75, 3.05) is 0 Å². The predicted octanol–water partition coefficient (Wildman–Crippen LogP) is 4.36. The SMILES string of the molecule is CC1(C)OB(CCCc2ccc(Cl)cc2)OC1(C)C. The summed E-state index contributed by atoms with van der Waals surface area (Å²) >= 11 is 5.87. The Labute approximate surface area is 121 Å². The molecule has 0 unspecified atom stereocenters. The highest BCUT2D eigenvalue weighted by Gasteiger charge is 2.50. The molecule has 0 aliphatic carbocycles. The number of aryl methyl sites for hydroxylation is 1. The highest BCUT2D eigenvalue weighted by atomic mass is 35.5. The average Bonchev–Trinajstić information content (AvgIpc) is 2.50. The molecule has 1 aliphatic heterocycles. The lowest BCUT2D eigenvalue weighted by Gasteiger charge is -2.32. The van der Waals surface area contributed by atoms with E-state index < -0.39 is 0 Å². The van der Waals surface area contributed by atoms with Gasteiger partial charge in [0, 0.05) is 5.02 Å². The Balaban J connectivity index is 1.80. The first-order chi connectivity index (χ1) is 8.80. The molecule has 0 atom stereocenters. The lowest BCUT2D eigenvalue weighted by molar-refractivity contribution is 0.00578. The van der Waals surface area contributed by atoms with E-state index in [-0.39, 0.29) is 18.3 Å². The summed E-state index contributed by atoms with van der Waals surface area (Å²) in [5, 5.41) is 0.787. The van der Waals surface area contributed by atoms with E-state index in [1.54, 1.807) is 0 Å². The molecule has 1 aromatic carbocycles. The fraction of sp³-hybridized carbons (Fsp3) is 0.600. The van der Waals surface area contributed by atoms with Gasteiger partial charge in [0.05, 0.1) is 11.2 Å². The summed E-state index contributed by atoms with van der Waals surface area (Å²) < 4.78 is 12.0. The van der Waals surface area contributed by atoms with Crippen LogP contribution in [0.15, 0.2) is 24.3 Å². The van der Waals surface area contributed by atoms with Crippen molar-refractivity contribution in [1.82, 2.24) is 0 Å². The quantitative estimate of drug-likeness (QED) is 0.763. The van der Waals surface area contributed by atoms with Gasteiger partial charge in [0.15, 0.2) is 0 Å². The van der Waals surface area contributed by atoms with Crippen LogP contribution < -0.4 is 0 Å². The van der Waals surface area contributed by atoms with Crippen LogP contribution in [0.5, 0.6) is 0 Å². The highest BCUT2D eigenvalue weighted by Crippen LogP contribution is 2.38. The molecular formula is C15H22BClO2. The Morgan fingerprint density at radius 3 is 2.05 bits per heavy atom. The number of hydrogen-bond acceptors (Lipinski definition) is 2. The number of hydrogen-bond donors (Lipinski definition) is 0. The van der Waals surface area contributed by atoms with Crippen LogP contribution in [0.4, 0.5) is 0 Å². The third kappa shape index (κ3) is 3.53. The molecule has 2 rings (SSSR count). The van der Waals surface area contributed by atoms with E-state index in [1.807, 2.05) is 12.1 Å². The Bertz CT molecular complexity index is 412. The number of halogens is 1. The van der Waals surface area contributed by atoms with Gasteiger partial charge in [-0.05, 0) is 58.1 Å². The fourth-order valence-electron chi connectivity index (χ4n) is 2.21. The lowest BCUT2D eigenvalue weighted by atomic mass is 9.82. The Kier molecular flexibility index (Phi) is 4.29. The van der Waals surface area contributed by atoms with Gasteiger partial charge < -0.3 is 9.31 Å². The van der Waals surface area contributed by atoms with Gasteiger partial charge in [-0.15, -0.1) is 0 Å². The molecule has 0 spiro atoms. The van der Waals surface area contributed by atoms with Gasteiger partial charge in [-0.2, -0.15) is 0 Å². The molecule has 0 aromatic heterocycles. The summed E-state index contributed by atoms with van der Waals surface area (Å²) in [6.07, 6.45) is 3.01. The zero-order valence-corrected chi connectivity index (χ0v) is 13.0. The molecule has 0 bridgehead atoms. The maximum absolute atomic E-state index is 5.98. The highest BCUT2D eigenvalue weighted by molar-refractivity contribution is 6.45. The van der Waals surface area contributed by atoms with Crippen molar-refractivity contribution in [3.05, 3.63) is 34.9 Å². The van der Waals surface area contributed by atoms with Crippen molar-refractivity contribution >= 4 is 18.7 Å². The summed E-state index contributed by atoms with van der Waals surface area (Å²) in [6.45, 7) is 8.36. The predicted molar refractivity (Wildman–Crippen MR) is 80.7 cm³/mol. The summed E-state index contributed by atoms with van der Waals surface area (Å²) in [6, 6.07) is 8.02. The molecule has 1 aliphatic rings. The zero-order valence-electron chi connectivity index (χ0n) is 12.2. The minimum atomic E-state index is -0.224. The summed E-state index contributed by atoms with van der Waals surface area (Å²) in [5.41, 5.74) is 0.858. The van der Waals surface area contributed by atoms with Crippen molar-refractivity contribution < 1.29 is 9.31 Å². The van der Waals surface area contributed by atoms with Gasteiger partial charge in [0.25, 0.3) is 0 Å². The fourth-order valence-corrected chi connectivity index (χ4v) is 2.33. The summed E-state index contributed by atoms with van der Waals surface area (Å²) in [7, 11) is -0.0858. The first-order valence-corrected chi connectivity index (χ1v) is 7.28. The first-order valence-electron chi connectivity index (χ1n) is 6.90. The van der Waals surface area contributed by atoms with Gasteiger partial charge in [0.2, 0.25) is 0 Å². The largest absolute Gasteiger partial charge is 0.457 e. The minimum Gasteiger partial charge on any atom is -0.403 e. The van der Waals surface area contributed by atoms with Crippen molar-refractivity contribution in [3.63, 3.8) is 0 Å². The third-order valence-corrected chi connectivity index (χ3v) is 4.37. The Morgan fingerprint density at radius 2 is 1.53 bits per heavy atom. The molecule has 104 valence electrons. The van der Waals surface area contributed by atoms with Crippen molar-refractivity contribution in [3.8, 4) is 0 Å². The number of benzene rings is 1. The van der Waals surface area contributed by atoms with Gasteiger partial charge >= 0.3 is 7.12 Å². The van der Waals surface area contributed by atoms with E-state index in [9.17, 15) is 0 Å². The van der Waals surface area contributed by atoms with Crippen LogP contribution in [0.2, 0.25) is 11.3 Å². The number of rotatable bonds is 4. The topological polar surface area (TPSA) is 18.5 Å². The van der Waals surface area contributed by atoms with Crippen LogP contribution in [-0.2, 0) is 15.7 Å². The van der Waals surface area contributed by atoms with Crippen LogP contribution in [0.1, 0.15) is 39.7 Å². The van der Waals surface area contributed by atoms with Crippen molar-refractivity contribution in [2.45, 2.75) is 58.1 Å². The third-order valence-electron chi connectivity index (χ3n) is 4.12. The van der Waals surface area contributed by atoms with Gasteiger partial charge in [0.1, 0.15) is 0 Å². The van der Waals surface area contributed by atoms with E-state index in [0.29, 0.717) is 0 Å². The van der Waals surface area contributed by atoms with Crippen LogP contribution in [0.3, 0.4) is 0 Å². The van der Waals surface area contributed by atoms with E-state index in [0.717, 1.165) is 24.2 Å². The van der Waals surface area contributed by atoms with Crippen LogP contribution >= 0.6 is 11.6 Å². The van der Waals surface area contributed by atoms with Gasteiger partial charge in [-0.1, -0.05) is 30.2 Å². The molecule has 0 radical (unpaired) electrons. The molecule has 1 aromatic rings. The standard InChI is InChI=1S/C15H22BClO2/c1-14(2)15(3,4)19-16(18-14)11-5-6-12-7-9-13(17)10-8-12/h7-10H,5-6,11H2,1-4H3. The maximum Gasteiger partial charge on any atom is 0.457 e. The maximum atomic E-state index is 5.98. The smallest absolute Gasteiger partial charge is 0.403 e. The summed E-state index contributed by atoms with van der Waals surface area (Å²) in [5.74, 6) is 0. The van der Waals surface area contributed by atoms with Crippen LogP contribution in [-0.4, -0.2) is 18.3 Å². The monoisotopic (exact) mass is 280 g/mol. The normalized spacial score (nSPS) is 20.8. The van der Waals surface area contributed by atoms with E-state index in [2.05, 4.69) is 39.8 Å². The Morgan fingerprint density at radius 1 is 1.00 bits per heavy atom. The van der Waals surface area contributed by atoms with Crippen LogP contribution in [0.25, 0.3) is 0 Å². The molecule has 1 heterocycles. The van der Waals surface area contributed by atoms with E-state index in [4.69, 9.17) is 20.9 Å². The molecular weight excluding hydrogens is 258 g/mol. The molecule has 2 nitrogen and oxygen atoms in total. The summed E-state index contributed by atoms with van der Waals surface area (Å²) in [4.78, 5) is 0. The minimum absolute atomic E-state index is 0.0858. The molecule has 1 fully saturated rings. The van der Waals surface area contributed by atoms with Crippen molar-refractivity contribution in [2.24, 2.45) is 0 Å². The molecule has 19 heavy (non-hydrogen) atoms. The average molecular weight is 281 g/mol. The van der Waals surface area contributed by atoms with Crippen molar-refractivity contribution in [1.29, 1.82) is 0 Å². The molecule has 0 amide bonds. The molecule has 0 saturated carbocycles. The van der Waals surface area contributed by atoms with E-state index in [1.165, 1.54) is 5.56 Å². The van der Waals surface area contributed by atoms with Crippen LogP contribution in [0, 0.1) is 0 Å². The second kappa shape index (κ2) is 5.47. The second-order valence-corrected chi connectivity index (χ2v) is 6.64. The van der Waals surface area contributed by atoms with Gasteiger partial charge in [-0.3, -0.25) is 0 Å². The van der Waals surface area contributed by atoms with E-state index >= 15 is 0 Å².